The van der Waals surface area contributed by atoms with Gasteiger partial charge in [0.15, 0.2) is 0 Å². The van der Waals surface area contributed by atoms with Crippen molar-refractivity contribution in [2.45, 2.75) is 174 Å². The maximum atomic E-state index is 12.8. The Hall–Kier alpha value is -2.94. The van der Waals surface area contributed by atoms with Gasteiger partial charge in [-0.15, -0.1) is 0 Å². The lowest BCUT2D eigenvalue weighted by Gasteiger charge is -2.19. The molecular formula is C37H62N2O7. The van der Waals surface area contributed by atoms with Crippen LogP contribution in [0.1, 0.15) is 161 Å². The van der Waals surface area contributed by atoms with Gasteiger partial charge in [-0.3, -0.25) is 24.6 Å². The molecule has 9 nitrogen and oxygen atoms in total. The minimum Gasteiger partial charge on any atom is -0.480 e. The second kappa shape index (κ2) is 28.3. The van der Waals surface area contributed by atoms with E-state index in [2.05, 4.69) is 24.7 Å². The second-order valence-electron chi connectivity index (χ2n) is 12.4. The number of carboxylic acid groups (broad SMARTS) is 1. The molecule has 0 bridgehead atoms. The van der Waals surface area contributed by atoms with Gasteiger partial charge in [0.05, 0.1) is 12.8 Å². The van der Waals surface area contributed by atoms with Crippen LogP contribution in [0.3, 0.4) is 0 Å². The Morgan fingerprint density at radius 3 is 1.74 bits per heavy atom. The molecule has 1 aromatic rings. The van der Waals surface area contributed by atoms with Gasteiger partial charge in [-0.25, -0.2) is 5.43 Å². The first kappa shape index (κ1) is 41.1. The SMILES string of the molecule is CCCCCCCCCCCC(=O)O[C@H](CCCCCCCCCCC)CC(=O)NN[C@H](CC(=O)OCc1ccccc1)C(=O)O. The fourth-order valence-electron chi connectivity index (χ4n) is 5.30. The summed E-state index contributed by atoms with van der Waals surface area (Å²) in [5.74, 6) is -2.79. The molecule has 0 fully saturated rings. The number of hydrogen-bond acceptors (Lipinski definition) is 7. The van der Waals surface area contributed by atoms with Gasteiger partial charge < -0.3 is 14.6 Å². The quantitative estimate of drug-likeness (QED) is 0.0432. The van der Waals surface area contributed by atoms with Crippen LogP contribution in [0, 0.1) is 0 Å². The number of amides is 1. The number of rotatable bonds is 30. The van der Waals surface area contributed by atoms with Crippen molar-refractivity contribution in [1.29, 1.82) is 0 Å². The number of nitrogens with one attached hydrogen (secondary N) is 2. The number of ether oxygens (including phenoxy) is 2. The van der Waals surface area contributed by atoms with Crippen molar-refractivity contribution in [2.75, 3.05) is 0 Å². The number of carbonyl (C=O) groups is 4. The van der Waals surface area contributed by atoms with E-state index >= 15 is 0 Å². The van der Waals surface area contributed by atoms with E-state index in [1.54, 1.807) is 12.1 Å². The topological polar surface area (TPSA) is 131 Å². The minimum absolute atomic E-state index is 0.0311. The second-order valence-corrected chi connectivity index (χ2v) is 12.4. The van der Waals surface area contributed by atoms with Crippen LogP contribution in [0.4, 0.5) is 0 Å². The Kier molecular flexibility index (Phi) is 25.3. The highest BCUT2D eigenvalue weighted by Gasteiger charge is 2.24. The van der Waals surface area contributed by atoms with E-state index in [9.17, 15) is 24.3 Å². The van der Waals surface area contributed by atoms with Gasteiger partial charge in [0.2, 0.25) is 5.91 Å². The number of carboxylic acids is 1. The molecule has 0 saturated carbocycles. The molecule has 46 heavy (non-hydrogen) atoms. The Morgan fingerprint density at radius 2 is 1.20 bits per heavy atom. The highest BCUT2D eigenvalue weighted by atomic mass is 16.5. The third kappa shape index (κ3) is 23.4. The summed E-state index contributed by atoms with van der Waals surface area (Å²) in [7, 11) is 0. The summed E-state index contributed by atoms with van der Waals surface area (Å²) in [6.45, 7) is 4.46. The van der Waals surface area contributed by atoms with E-state index < -0.39 is 36.4 Å². The fraction of sp³-hybridized carbons (Fsp3) is 0.730. The number of hydrogen-bond donors (Lipinski definition) is 3. The summed E-state index contributed by atoms with van der Waals surface area (Å²) in [4.78, 5) is 49.4. The maximum absolute atomic E-state index is 12.8. The van der Waals surface area contributed by atoms with Crippen LogP contribution in [0.25, 0.3) is 0 Å². The molecule has 0 aliphatic carbocycles. The molecule has 0 aromatic heterocycles. The molecule has 9 heteroatoms. The van der Waals surface area contributed by atoms with Gasteiger partial charge in [0.25, 0.3) is 0 Å². The van der Waals surface area contributed by atoms with Crippen LogP contribution in [-0.2, 0) is 35.3 Å². The van der Waals surface area contributed by atoms with Crippen molar-refractivity contribution < 1.29 is 33.8 Å². The molecular weight excluding hydrogens is 584 g/mol. The molecule has 0 unspecified atom stereocenters. The number of unbranched alkanes of at least 4 members (excludes halogenated alkanes) is 16. The lowest BCUT2D eigenvalue weighted by atomic mass is 10.0. The van der Waals surface area contributed by atoms with E-state index in [-0.39, 0.29) is 19.0 Å². The molecule has 262 valence electrons. The van der Waals surface area contributed by atoms with E-state index in [4.69, 9.17) is 9.47 Å². The molecule has 3 N–H and O–H groups in total. The van der Waals surface area contributed by atoms with Crippen molar-refractivity contribution in [3.05, 3.63) is 35.9 Å². The molecule has 1 amide bonds. The number of benzene rings is 1. The lowest BCUT2D eigenvalue weighted by molar-refractivity contribution is -0.152. The van der Waals surface area contributed by atoms with Gasteiger partial charge in [0, 0.05) is 6.42 Å². The summed E-state index contributed by atoms with van der Waals surface area (Å²) >= 11 is 0. The van der Waals surface area contributed by atoms with Crippen LogP contribution >= 0.6 is 0 Å². The predicted octanol–water partition coefficient (Wildman–Crippen LogP) is 8.34. The Bertz CT molecular complexity index is 941. The number of carbonyl (C=O) groups excluding carboxylic acids is 3. The molecule has 0 heterocycles. The van der Waals surface area contributed by atoms with Crippen molar-refractivity contribution in [3.63, 3.8) is 0 Å². The van der Waals surface area contributed by atoms with Crippen LogP contribution in [0.5, 0.6) is 0 Å². The van der Waals surface area contributed by atoms with Crippen LogP contribution < -0.4 is 10.9 Å². The predicted molar refractivity (Wildman–Crippen MR) is 182 cm³/mol. The third-order valence-electron chi connectivity index (χ3n) is 8.12. The largest absolute Gasteiger partial charge is 0.480 e. The Morgan fingerprint density at radius 1 is 0.674 bits per heavy atom. The maximum Gasteiger partial charge on any atom is 0.323 e. The average Bonchev–Trinajstić information content (AvgIpc) is 3.04. The number of esters is 2. The highest BCUT2D eigenvalue weighted by Crippen LogP contribution is 2.16. The molecule has 1 rings (SSSR count). The van der Waals surface area contributed by atoms with Gasteiger partial charge in [-0.2, -0.15) is 0 Å². The van der Waals surface area contributed by atoms with Crippen LogP contribution in [0.2, 0.25) is 0 Å². The number of aliphatic carboxylic acids is 1. The van der Waals surface area contributed by atoms with Crippen LogP contribution in [0.15, 0.2) is 30.3 Å². The van der Waals surface area contributed by atoms with Crippen LogP contribution in [-0.4, -0.2) is 41.1 Å². The van der Waals surface area contributed by atoms with E-state index in [1.165, 1.54) is 77.0 Å². The fourth-order valence-corrected chi connectivity index (χ4v) is 5.30. The molecule has 1 aromatic carbocycles. The third-order valence-corrected chi connectivity index (χ3v) is 8.12. The monoisotopic (exact) mass is 646 g/mol. The van der Waals surface area contributed by atoms with Crippen molar-refractivity contribution in [1.82, 2.24) is 10.9 Å². The normalized spacial score (nSPS) is 12.3. The minimum atomic E-state index is -1.36. The summed E-state index contributed by atoms with van der Waals surface area (Å²) in [5, 5.41) is 9.56. The van der Waals surface area contributed by atoms with Crippen molar-refractivity contribution >= 4 is 23.8 Å². The van der Waals surface area contributed by atoms with Gasteiger partial charge in [-0.05, 0) is 24.8 Å². The summed E-state index contributed by atoms with van der Waals surface area (Å²) < 4.78 is 10.9. The molecule has 0 saturated heterocycles. The highest BCUT2D eigenvalue weighted by molar-refractivity contribution is 5.82. The first-order valence-corrected chi connectivity index (χ1v) is 18.0. The molecule has 2 atom stereocenters. The van der Waals surface area contributed by atoms with Gasteiger partial charge >= 0.3 is 17.9 Å². The first-order valence-electron chi connectivity index (χ1n) is 18.0. The van der Waals surface area contributed by atoms with E-state index in [0.29, 0.717) is 12.8 Å². The summed E-state index contributed by atoms with van der Waals surface area (Å²) in [5.41, 5.74) is 5.63. The standard InChI is InChI=1S/C37H62N2O7/c1-3-5-7-9-11-13-15-17-22-26-32(46-35(41)27-23-18-16-14-12-10-8-6-4-2)28-34(40)39-38-33(37(43)44)29-36(42)45-30-31-24-20-19-21-25-31/h19-21,24-25,32-33,38H,3-18,22-23,26-30H2,1-2H3,(H,39,40)(H,43,44)/t32-,33-/m1/s1. The Labute approximate surface area is 277 Å². The summed E-state index contributed by atoms with van der Waals surface area (Å²) in [6.07, 6.45) is 20.6. The molecule has 0 aliphatic rings. The zero-order chi connectivity index (χ0) is 33.7. The number of hydrazine groups is 1. The van der Waals surface area contributed by atoms with Gasteiger partial charge in [0.1, 0.15) is 18.8 Å². The van der Waals surface area contributed by atoms with Gasteiger partial charge in [-0.1, -0.05) is 147 Å². The smallest absolute Gasteiger partial charge is 0.323 e. The lowest BCUT2D eigenvalue weighted by Crippen LogP contribution is -2.49. The van der Waals surface area contributed by atoms with E-state index in [0.717, 1.165) is 44.1 Å². The Balaban J connectivity index is 2.49. The van der Waals surface area contributed by atoms with Crippen molar-refractivity contribution in [2.24, 2.45) is 0 Å². The molecule has 0 spiro atoms. The summed E-state index contributed by atoms with van der Waals surface area (Å²) in [6, 6.07) is 7.72. The molecule has 0 radical (unpaired) electrons. The zero-order valence-corrected chi connectivity index (χ0v) is 28.7. The van der Waals surface area contributed by atoms with Crippen molar-refractivity contribution in [3.8, 4) is 0 Å². The first-order chi connectivity index (χ1) is 22.3. The van der Waals surface area contributed by atoms with E-state index in [1.807, 2.05) is 18.2 Å². The average molecular weight is 647 g/mol. The molecule has 0 aliphatic heterocycles. The zero-order valence-electron chi connectivity index (χ0n) is 28.7.